The summed E-state index contributed by atoms with van der Waals surface area (Å²) < 4.78 is 18.3. The largest absolute Gasteiger partial charge is 0.426 e. The van der Waals surface area contributed by atoms with Gasteiger partial charge in [-0.05, 0) is 12.1 Å². The van der Waals surface area contributed by atoms with E-state index in [4.69, 9.17) is 4.74 Å². The first-order chi connectivity index (χ1) is 8.90. The Labute approximate surface area is 113 Å². The molecule has 0 aliphatic rings. The van der Waals surface area contributed by atoms with Gasteiger partial charge in [0.25, 0.3) is 0 Å². The summed E-state index contributed by atoms with van der Waals surface area (Å²) in [4.78, 5) is 22.1. The van der Waals surface area contributed by atoms with Crippen LogP contribution >= 0.6 is 0 Å². The van der Waals surface area contributed by atoms with E-state index in [9.17, 15) is 14.0 Å². The van der Waals surface area contributed by atoms with Crippen LogP contribution in [-0.2, 0) is 9.59 Å². The third kappa shape index (κ3) is 5.99. The molecule has 0 spiro atoms. The molecule has 1 aromatic rings. The lowest BCUT2D eigenvalue weighted by Gasteiger charge is -2.09. The zero-order chi connectivity index (χ0) is 15.0. The second-order valence-electron chi connectivity index (χ2n) is 3.90. The molecule has 0 saturated carbocycles. The van der Waals surface area contributed by atoms with Crippen LogP contribution in [0.15, 0.2) is 18.2 Å². The predicted octanol–water partition coefficient (Wildman–Crippen LogP) is 3.37. The first-order valence-corrected chi connectivity index (χ1v) is 6.19. The van der Waals surface area contributed by atoms with Crippen molar-refractivity contribution in [1.82, 2.24) is 0 Å². The molecular weight excluding hydrogens is 249 g/mol. The number of carbonyl (C=O) groups is 2. The van der Waals surface area contributed by atoms with Gasteiger partial charge >= 0.3 is 5.97 Å². The highest BCUT2D eigenvalue weighted by atomic mass is 19.1. The number of hydrogen-bond donors (Lipinski definition) is 1. The van der Waals surface area contributed by atoms with Gasteiger partial charge in [0.15, 0.2) is 0 Å². The third-order valence-electron chi connectivity index (χ3n) is 1.94. The lowest BCUT2D eigenvalue weighted by atomic mass is 10.2. The van der Waals surface area contributed by atoms with Gasteiger partial charge in [0.1, 0.15) is 11.6 Å². The van der Waals surface area contributed by atoms with Crippen LogP contribution in [0.25, 0.3) is 0 Å². The van der Waals surface area contributed by atoms with E-state index >= 15 is 0 Å². The molecule has 0 unspecified atom stereocenters. The van der Waals surface area contributed by atoms with E-state index in [0.717, 1.165) is 6.07 Å². The molecule has 0 aromatic heterocycles. The SMILES string of the molecule is CC.CC(=O)Nc1cc(OC(=O)C(C)C)ccc1F. The summed E-state index contributed by atoms with van der Waals surface area (Å²) in [6.07, 6.45) is 0. The van der Waals surface area contributed by atoms with Gasteiger partial charge in [-0.2, -0.15) is 0 Å². The fraction of sp³-hybridized carbons (Fsp3) is 0.429. The smallest absolute Gasteiger partial charge is 0.313 e. The van der Waals surface area contributed by atoms with Crippen LogP contribution in [0.2, 0.25) is 0 Å². The minimum atomic E-state index is -0.579. The summed E-state index contributed by atoms with van der Waals surface area (Å²) >= 11 is 0. The minimum Gasteiger partial charge on any atom is -0.426 e. The third-order valence-corrected chi connectivity index (χ3v) is 1.94. The maximum Gasteiger partial charge on any atom is 0.313 e. The number of rotatable bonds is 3. The molecule has 0 saturated heterocycles. The second kappa shape index (κ2) is 8.24. The van der Waals surface area contributed by atoms with Gasteiger partial charge in [0.2, 0.25) is 5.91 Å². The van der Waals surface area contributed by atoms with Crippen LogP contribution < -0.4 is 10.1 Å². The predicted molar refractivity (Wildman–Crippen MR) is 72.5 cm³/mol. The fourth-order valence-electron chi connectivity index (χ4n) is 1.09. The Hall–Kier alpha value is -1.91. The van der Waals surface area contributed by atoms with Gasteiger partial charge in [-0.1, -0.05) is 27.7 Å². The van der Waals surface area contributed by atoms with E-state index in [1.807, 2.05) is 13.8 Å². The highest BCUT2D eigenvalue weighted by Gasteiger charge is 2.12. The number of benzene rings is 1. The number of halogens is 1. The Bertz CT molecular complexity index is 444. The summed E-state index contributed by atoms with van der Waals surface area (Å²) in [5, 5.41) is 2.31. The zero-order valence-corrected chi connectivity index (χ0v) is 11.9. The maximum atomic E-state index is 13.3. The van der Waals surface area contributed by atoms with E-state index in [1.54, 1.807) is 13.8 Å². The van der Waals surface area contributed by atoms with Gasteiger partial charge < -0.3 is 10.1 Å². The maximum absolute atomic E-state index is 13.3. The number of esters is 1. The number of hydrogen-bond acceptors (Lipinski definition) is 3. The Morgan fingerprint density at radius 3 is 2.32 bits per heavy atom. The Morgan fingerprint density at radius 1 is 1.26 bits per heavy atom. The first kappa shape index (κ1) is 17.1. The van der Waals surface area contributed by atoms with Crippen LogP contribution in [0.4, 0.5) is 10.1 Å². The van der Waals surface area contributed by atoms with Crippen molar-refractivity contribution in [1.29, 1.82) is 0 Å². The summed E-state index contributed by atoms with van der Waals surface area (Å²) in [5.74, 6) is -1.45. The van der Waals surface area contributed by atoms with Crippen molar-refractivity contribution in [3.63, 3.8) is 0 Å². The van der Waals surface area contributed by atoms with Crippen molar-refractivity contribution in [3.05, 3.63) is 24.0 Å². The molecule has 1 N–H and O–H groups in total. The molecule has 4 nitrogen and oxygen atoms in total. The molecule has 106 valence electrons. The molecule has 1 rings (SSSR count). The number of amides is 1. The normalized spacial score (nSPS) is 9.42. The van der Waals surface area contributed by atoms with Crippen LogP contribution in [0.5, 0.6) is 5.75 Å². The number of ether oxygens (including phenoxy) is 1. The van der Waals surface area contributed by atoms with Gasteiger partial charge in [-0.25, -0.2) is 4.39 Å². The van der Waals surface area contributed by atoms with Crippen LogP contribution in [-0.4, -0.2) is 11.9 Å². The summed E-state index contributed by atoms with van der Waals surface area (Å²) in [7, 11) is 0. The highest BCUT2D eigenvalue weighted by molar-refractivity contribution is 5.89. The van der Waals surface area contributed by atoms with E-state index in [-0.39, 0.29) is 17.4 Å². The van der Waals surface area contributed by atoms with Crippen molar-refractivity contribution in [2.75, 3.05) is 5.32 Å². The van der Waals surface area contributed by atoms with Gasteiger partial charge in [0.05, 0.1) is 11.6 Å². The average molecular weight is 269 g/mol. The molecule has 0 fully saturated rings. The lowest BCUT2D eigenvalue weighted by molar-refractivity contribution is -0.137. The van der Waals surface area contributed by atoms with Crippen LogP contribution in [0.1, 0.15) is 34.6 Å². The molecule has 0 heterocycles. The number of carbonyl (C=O) groups excluding carboxylic acids is 2. The standard InChI is InChI=1S/C12H14FNO3.C2H6/c1-7(2)12(16)17-9-4-5-10(13)11(6-9)14-8(3)15;1-2/h4-7H,1-3H3,(H,14,15);1-2H3. The number of nitrogens with one attached hydrogen (secondary N) is 1. The van der Waals surface area contributed by atoms with Crippen molar-refractivity contribution < 1.29 is 18.7 Å². The summed E-state index contributed by atoms with van der Waals surface area (Å²) in [6.45, 7) is 8.66. The quantitative estimate of drug-likeness (QED) is 0.676. The van der Waals surface area contributed by atoms with E-state index in [0.29, 0.717) is 0 Å². The molecular formula is C14H20FNO3. The van der Waals surface area contributed by atoms with Crippen LogP contribution in [0.3, 0.4) is 0 Å². The Morgan fingerprint density at radius 2 is 1.84 bits per heavy atom. The summed E-state index contributed by atoms with van der Waals surface area (Å²) in [5.41, 5.74) is -0.00782. The van der Waals surface area contributed by atoms with E-state index < -0.39 is 17.7 Å². The summed E-state index contributed by atoms with van der Waals surface area (Å²) in [6, 6.07) is 3.74. The lowest BCUT2D eigenvalue weighted by Crippen LogP contribution is -2.15. The van der Waals surface area contributed by atoms with E-state index in [2.05, 4.69) is 5.32 Å². The molecule has 1 aromatic carbocycles. The fourth-order valence-corrected chi connectivity index (χ4v) is 1.09. The molecule has 0 radical (unpaired) electrons. The molecule has 0 bridgehead atoms. The monoisotopic (exact) mass is 269 g/mol. The average Bonchev–Trinajstić information content (AvgIpc) is 2.35. The molecule has 5 heteroatoms. The van der Waals surface area contributed by atoms with Gasteiger partial charge in [-0.15, -0.1) is 0 Å². The molecule has 0 atom stereocenters. The van der Waals surface area contributed by atoms with E-state index in [1.165, 1.54) is 19.1 Å². The van der Waals surface area contributed by atoms with Gasteiger partial charge in [-0.3, -0.25) is 9.59 Å². The van der Waals surface area contributed by atoms with Crippen molar-refractivity contribution in [2.45, 2.75) is 34.6 Å². The van der Waals surface area contributed by atoms with Crippen molar-refractivity contribution in [3.8, 4) is 5.75 Å². The number of anilines is 1. The topological polar surface area (TPSA) is 55.4 Å². The van der Waals surface area contributed by atoms with Crippen molar-refractivity contribution >= 4 is 17.6 Å². The molecule has 19 heavy (non-hydrogen) atoms. The Balaban J connectivity index is 0.00000154. The Kier molecular flexibility index (Phi) is 7.41. The molecule has 0 aliphatic heterocycles. The molecule has 0 aliphatic carbocycles. The molecule has 1 amide bonds. The highest BCUT2D eigenvalue weighted by Crippen LogP contribution is 2.22. The minimum absolute atomic E-state index is 0.00782. The van der Waals surface area contributed by atoms with Crippen LogP contribution in [0, 0.1) is 11.7 Å². The second-order valence-corrected chi connectivity index (χ2v) is 3.90. The van der Waals surface area contributed by atoms with Gasteiger partial charge in [0, 0.05) is 13.0 Å². The zero-order valence-electron chi connectivity index (χ0n) is 11.9. The first-order valence-electron chi connectivity index (χ1n) is 6.19. The van der Waals surface area contributed by atoms with Crippen molar-refractivity contribution in [2.24, 2.45) is 5.92 Å².